The molecule has 0 bridgehead atoms. The summed E-state index contributed by atoms with van der Waals surface area (Å²) in [6.45, 7) is 9.37. The molecule has 51 heavy (non-hydrogen) atoms. The maximum absolute atomic E-state index is 13.7. The molecule has 1 aliphatic rings. The summed E-state index contributed by atoms with van der Waals surface area (Å²) in [7, 11) is -2.44. The highest BCUT2D eigenvalue weighted by Crippen LogP contribution is 2.38. The van der Waals surface area contributed by atoms with Gasteiger partial charge in [0.15, 0.2) is 0 Å². The number of hydrogen-bond donors (Lipinski definition) is 0. The number of likely N-dealkylation sites (tertiary alicyclic amines) is 1. The highest BCUT2D eigenvalue weighted by molar-refractivity contribution is 7.90. The lowest BCUT2D eigenvalue weighted by Gasteiger charge is -2.33. The summed E-state index contributed by atoms with van der Waals surface area (Å²) in [5.74, 6) is 1.66. The standard InChI is InChI=1S/C39H43N3O8S/c1-27-13-15-31(16-14-27)51(45,46)42-22-19-33-34(26-40(5)37(43)36(33)42)32-11-6-7-12-35(32)49-30-10-8-9-29(25-30)48-24-23-47-28-17-20-41(21-18-28)38(44)50-39(2,3)4/h6-16,19,22,25-26,28H,17-18,20-21,23-24H2,1-5H3. The summed E-state index contributed by atoms with van der Waals surface area (Å²) in [4.78, 5) is 27.6. The van der Waals surface area contributed by atoms with E-state index in [2.05, 4.69) is 0 Å². The van der Waals surface area contributed by atoms with E-state index in [1.54, 1.807) is 42.4 Å². The van der Waals surface area contributed by atoms with E-state index in [1.165, 1.54) is 22.9 Å². The van der Waals surface area contributed by atoms with Crippen molar-refractivity contribution < 1.29 is 32.2 Å². The molecule has 0 aliphatic carbocycles. The van der Waals surface area contributed by atoms with Gasteiger partial charge < -0.3 is 28.4 Å². The summed E-state index contributed by atoms with van der Waals surface area (Å²) >= 11 is 0. The van der Waals surface area contributed by atoms with E-state index in [4.69, 9.17) is 18.9 Å². The van der Waals surface area contributed by atoms with Crippen LogP contribution in [0, 0.1) is 6.92 Å². The average Bonchev–Trinajstić information content (AvgIpc) is 3.55. The quantitative estimate of drug-likeness (QED) is 0.140. The van der Waals surface area contributed by atoms with E-state index in [1.807, 2.05) is 70.2 Å². The van der Waals surface area contributed by atoms with Crippen LogP contribution in [-0.2, 0) is 26.5 Å². The fourth-order valence-electron chi connectivity index (χ4n) is 6.01. The lowest BCUT2D eigenvalue weighted by Crippen LogP contribution is -2.43. The van der Waals surface area contributed by atoms with Crippen LogP contribution in [0.5, 0.6) is 17.2 Å². The first-order valence-corrected chi connectivity index (χ1v) is 18.4. The van der Waals surface area contributed by atoms with E-state index >= 15 is 0 Å². The Morgan fingerprint density at radius 3 is 2.31 bits per heavy atom. The topological polar surface area (TPSA) is 118 Å². The second-order valence-corrected chi connectivity index (χ2v) is 15.4. The molecule has 2 aromatic heterocycles. The smallest absolute Gasteiger partial charge is 0.410 e. The van der Waals surface area contributed by atoms with Gasteiger partial charge in [-0.1, -0.05) is 42.0 Å². The fraction of sp³-hybridized carbons (Fsp3) is 0.333. The molecule has 3 heterocycles. The Hall–Kier alpha value is -5.07. The van der Waals surface area contributed by atoms with Crippen molar-refractivity contribution in [3.05, 3.63) is 107 Å². The molecule has 1 saturated heterocycles. The van der Waals surface area contributed by atoms with E-state index in [-0.39, 0.29) is 22.6 Å². The lowest BCUT2D eigenvalue weighted by atomic mass is 10.0. The van der Waals surface area contributed by atoms with Crippen LogP contribution in [0.25, 0.3) is 22.0 Å². The average molecular weight is 714 g/mol. The van der Waals surface area contributed by atoms with Crippen molar-refractivity contribution in [2.75, 3.05) is 26.3 Å². The molecule has 11 nitrogen and oxygen atoms in total. The number of nitrogens with zero attached hydrogens (tertiary/aromatic N) is 3. The number of hydrogen-bond acceptors (Lipinski definition) is 8. The van der Waals surface area contributed by atoms with Gasteiger partial charge in [-0.05, 0) is 76.9 Å². The summed E-state index contributed by atoms with van der Waals surface area (Å²) in [6.07, 6.45) is 4.33. The van der Waals surface area contributed by atoms with Gasteiger partial charge in [0, 0.05) is 55.1 Å². The molecule has 0 unspecified atom stereocenters. The van der Waals surface area contributed by atoms with Crippen molar-refractivity contribution >= 4 is 27.0 Å². The zero-order valence-corrected chi connectivity index (χ0v) is 30.3. The molecule has 3 aromatic carbocycles. The second kappa shape index (κ2) is 14.7. The van der Waals surface area contributed by atoms with E-state index < -0.39 is 21.2 Å². The third-order valence-corrected chi connectivity index (χ3v) is 10.3. The number of carbonyl (C=O) groups is 1. The molecular formula is C39H43N3O8S. The van der Waals surface area contributed by atoms with Gasteiger partial charge in [-0.15, -0.1) is 0 Å². The Morgan fingerprint density at radius 2 is 1.59 bits per heavy atom. The normalized spacial score (nSPS) is 14.1. The van der Waals surface area contributed by atoms with Gasteiger partial charge >= 0.3 is 6.09 Å². The number of aryl methyl sites for hydroxylation is 2. The minimum Gasteiger partial charge on any atom is -0.491 e. The van der Waals surface area contributed by atoms with Crippen molar-refractivity contribution in [2.24, 2.45) is 7.05 Å². The monoisotopic (exact) mass is 713 g/mol. The summed E-state index contributed by atoms with van der Waals surface area (Å²) < 4.78 is 53.6. The Bertz CT molecular complexity index is 2190. The van der Waals surface area contributed by atoms with E-state index in [0.717, 1.165) is 22.4 Å². The molecule has 1 fully saturated rings. The zero-order valence-electron chi connectivity index (χ0n) is 29.5. The Morgan fingerprint density at radius 1 is 0.882 bits per heavy atom. The molecular weight excluding hydrogens is 671 g/mol. The largest absolute Gasteiger partial charge is 0.491 e. The number of ether oxygens (including phenoxy) is 4. The highest BCUT2D eigenvalue weighted by Gasteiger charge is 2.27. The van der Waals surface area contributed by atoms with Crippen LogP contribution in [0.2, 0.25) is 0 Å². The summed E-state index contributed by atoms with van der Waals surface area (Å²) in [6, 6.07) is 22.9. The van der Waals surface area contributed by atoms with Crippen LogP contribution in [0.3, 0.4) is 0 Å². The Kier molecular flexibility index (Phi) is 10.3. The molecule has 0 radical (unpaired) electrons. The van der Waals surface area contributed by atoms with Crippen molar-refractivity contribution in [3.63, 3.8) is 0 Å². The molecule has 0 N–H and O–H groups in total. The van der Waals surface area contributed by atoms with Gasteiger partial charge in [-0.3, -0.25) is 4.79 Å². The van der Waals surface area contributed by atoms with Gasteiger partial charge in [0.1, 0.15) is 35.0 Å². The molecule has 0 atom stereocenters. The first-order valence-electron chi connectivity index (χ1n) is 16.9. The molecule has 6 rings (SSSR count). The summed E-state index contributed by atoms with van der Waals surface area (Å²) in [5, 5.41) is 0.484. The van der Waals surface area contributed by atoms with Gasteiger partial charge in [0.2, 0.25) is 0 Å². The van der Waals surface area contributed by atoms with Crippen molar-refractivity contribution in [3.8, 4) is 28.4 Å². The number of benzene rings is 3. The van der Waals surface area contributed by atoms with Crippen LogP contribution in [0.4, 0.5) is 4.79 Å². The number of pyridine rings is 1. The van der Waals surface area contributed by atoms with Crippen molar-refractivity contribution in [1.29, 1.82) is 0 Å². The number of aromatic nitrogens is 2. The highest BCUT2D eigenvalue weighted by atomic mass is 32.2. The second-order valence-electron chi connectivity index (χ2n) is 13.6. The lowest BCUT2D eigenvalue weighted by molar-refractivity contribution is -0.0177. The fourth-order valence-corrected chi connectivity index (χ4v) is 7.35. The van der Waals surface area contributed by atoms with E-state index in [9.17, 15) is 18.0 Å². The zero-order chi connectivity index (χ0) is 36.3. The Balaban J connectivity index is 1.14. The molecule has 12 heteroatoms. The summed E-state index contributed by atoms with van der Waals surface area (Å²) in [5.41, 5.74) is 1.34. The number of para-hydroxylation sites is 1. The molecule has 0 saturated carbocycles. The van der Waals surface area contributed by atoms with Gasteiger partial charge in [-0.2, -0.15) is 0 Å². The molecule has 0 spiro atoms. The predicted molar refractivity (Wildman–Crippen MR) is 195 cm³/mol. The maximum Gasteiger partial charge on any atom is 0.410 e. The van der Waals surface area contributed by atoms with Crippen molar-refractivity contribution in [1.82, 2.24) is 13.4 Å². The first kappa shape index (κ1) is 35.7. The number of piperidine rings is 1. The van der Waals surface area contributed by atoms with Gasteiger partial charge in [-0.25, -0.2) is 17.2 Å². The van der Waals surface area contributed by atoms with Crippen molar-refractivity contribution in [2.45, 2.75) is 57.1 Å². The van der Waals surface area contributed by atoms with E-state index in [0.29, 0.717) is 60.1 Å². The molecule has 1 amide bonds. The van der Waals surface area contributed by atoms with Crippen LogP contribution in [0.15, 0.2) is 101 Å². The van der Waals surface area contributed by atoms with Crippen LogP contribution >= 0.6 is 0 Å². The Labute approximate surface area is 298 Å². The molecule has 1 aliphatic heterocycles. The minimum atomic E-state index is -4.04. The SMILES string of the molecule is Cc1ccc(S(=O)(=O)n2ccc3c(-c4ccccc4Oc4cccc(OCCOC5CCN(C(=O)OC(C)(C)C)CC5)c4)cn(C)c(=O)c32)cc1. The third-order valence-electron chi connectivity index (χ3n) is 8.58. The van der Waals surface area contributed by atoms with Crippen LogP contribution < -0.4 is 15.0 Å². The van der Waals surface area contributed by atoms with Crippen LogP contribution in [0.1, 0.15) is 39.2 Å². The maximum atomic E-state index is 13.7. The molecule has 5 aromatic rings. The number of fused-ring (bicyclic) bond motifs is 1. The van der Waals surface area contributed by atoms with Gasteiger partial charge in [0.05, 0.1) is 17.6 Å². The minimum absolute atomic E-state index is 0.0435. The number of carbonyl (C=O) groups excluding carboxylic acids is 1. The van der Waals surface area contributed by atoms with Crippen LogP contribution in [-0.4, -0.2) is 66.0 Å². The first-order chi connectivity index (χ1) is 24.3. The third kappa shape index (κ3) is 8.13. The number of amides is 1. The number of rotatable bonds is 10. The molecule has 268 valence electrons. The van der Waals surface area contributed by atoms with Gasteiger partial charge in [0.25, 0.3) is 15.6 Å². The predicted octanol–water partition coefficient (Wildman–Crippen LogP) is 7.14.